The Hall–Kier alpha value is -3.20. The highest BCUT2D eigenvalue weighted by molar-refractivity contribution is 5.88. The smallest absolute Gasteiger partial charge is 0.250 e. The molecule has 0 atom stereocenters. The van der Waals surface area contributed by atoms with Crippen LogP contribution in [0.25, 0.3) is 11.0 Å². The van der Waals surface area contributed by atoms with Crippen LogP contribution >= 0.6 is 0 Å². The van der Waals surface area contributed by atoms with E-state index in [9.17, 15) is 9.18 Å². The standard InChI is InChI=1S/C16H20FN3O.C8H10N2O2/c1-20-14(21)8-7-13-16(20)15(12(17)10-18-13)19-9-11-5-3-2-4-6-11;9-4-6-3-7-8(5-10-6)12-2-1-11-7/h7-8,10-11H,2-6,9H2,1H3,(H,18,19);3,5H,1-2,4,9H2. The van der Waals surface area contributed by atoms with E-state index in [2.05, 4.69) is 15.3 Å². The molecule has 4 heterocycles. The summed E-state index contributed by atoms with van der Waals surface area (Å²) in [5.74, 6) is 1.64. The first kappa shape index (κ1) is 23.0. The van der Waals surface area contributed by atoms with E-state index in [1.165, 1.54) is 48.9 Å². The SMILES string of the molecule is Cn1c(=O)ccc2ncc(F)c(NCC3CCCCC3)c21.NCc1cc2c(cn1)OCCO2. The van der Waals surface area contributed by atoms with Gasteiger partial charge in [0.15, 0.2) is 17.3 Å². The van der Waals surface area contributed by atoms with Gasteiger partial charge in [0.1, 0.15) is 13.2 Å². The number of nitrogens with zero attached hydrogens (tertiary/aromatic N) is 3. The average molecular weight is 456 g/mol. The molecule has 33 heavy (non-hydrogen) atoms. The van der Waals surface area contributed by atoms with Crippen molar-refractivity contribution < 1.29 is 13.9 Å². The predicted octanol–water partition coefficient (Wildman–Crippen LogP) is 3.38. The fourth-order valence-electron chi connectivity index (χ4n) is 4.23. The lowest BCUT2D eigenvalue weighted by molar-refractivity contribution is 0.170. The summed E-state index contributed by atoms with van der Waals surface area (Å²) in [5.41, 5.74) is 7.65. The number of nitrogens with two attached hydrogens (primary N) is 1. The molecule has 0 saturated heterocycles. The van der Waals surface area contributed by atoms with Crippen LogP contribution in [0.15, 0.2) is 35.4 Å². The van der Waals surface area contributed by atoms with Crippen LogP contribution in [0.3, 0.4) is 0 Å². The number of halogens is 1. The largest absolute Gasteiger partial charge is 0.486 e. The molecule has 0 unspecified atom stereocenters. The molecule has 0 spiro atoms. The molecule has 1 aliphatic carbocycles. The fourth-order valence-corrected chi connectivity index (χ4v) is 4.23. The van der Waals surface area contributed by atoms with E-state index in [4.69, 9.17) is 15.2 Å². The molecule has 176 valence electrons. The molecule has 1 fully saturated rings. The molecule has 8 nitrogen and oxygen atoms in total. The van der Waals surface area contributed by atoms with E-state index in [-0.39, 0.29) is 5.56 Å². The van der Waals surface area contributed by atoms with E-state index in [1.54, 1.807) is 19.3 Å². The molecule has 3 aromatic rings. The molecule has 1 saturated carbocycles. The summed E-state index contributed by atoms with van der Waals surface area (Å²) in [6.45, 7) is 2.37. The molecule has 0 bridgehead atoms. The van der Waals surface area contributed by atoms with Gasteiger partial charge in [-0.1, -0.05) is 19.3 Å². The number of anilines is 1. The van der Waals surface area contributed by atoms with Gasteiger partial charge in [-0.15, -0.1) is 0 Å². The van der Waals surface area contributed by atoms with Gasteiger partial charge in [0.05, 0.1) is 34.8 Å². The van der Waals surface area contributed by atoms with Gasteiger partial charge in [-0.3, -0.25) is 14.8 Å². The number of rotatable bonds is 4. The topological polar surface area (TPSA) is 104 Å². The van der Waals surface area contributed by atoms with Crippen LogP contribution in [0.1, 0.15) is 37.8 Å². The van der Waals surface area contributed by atoms with E-state index in [0.29, 0.717) is 48.1 Å². The zero-order chi connectivity index (χ0) is 23.2. The second-order valence-corrected chi connectivity index (χ2v) is 8.35. The summed E-state index contributed by atoms with van der Waals surface area (Å²) in [6, 6.07) is 4.91. The Morgan fingerprint density at radius 3 is 2.64 bits per heavy atom. The Kier molecular flexibility index (Phi) is 7.39. The van der Waals surface area contributed by atoms with Crippen LogP contribution in [0.2, 0.25) is 0 Å². The Morgan fingerprint density at radius 2 is 1.88 bits per heavy atom. The molecule has 1 aliphatic heterocycles. The number of pyridine rings is 3. The van der Waals surface area contributed by atoms with Gasteiger partial charge >= 0.3 is 0 Å². The molecule has 3 aromatic heterocycles. The average Bonchev–Trinajstić information content (AvgIpc) is 2.86. The lowest BCUT2D eigenvalue weighted by Crippen LogP contribution is -2.21. The monoisotopic (exact) mass is 455 g/mol. The summed E-state index contributed by atoms with van der Waals surface area (Å²) in [7, 11) is 1.65. The van der Waals surface area contributed by atoms with Crippen molar-refractivity contribution in [2.75, 3.05) is 25.1 Å². The minimum Gasteiger partial charge on any atom is -0.486 e. The number of hydrogen-bond donors (Lipinski definition) is 2. The Bertz CT molecular complexity index is 1160. The van der Waals surface area contributed by atoms with E-state index in [0.717, 1.165) is 18.0 Å². The van der Waals surface area contributed by atoms with Crippen LogP contribution in [-0.4, -0.2) is 34.3 Å². The van der Waals surface area contributed by atoms with Crippen molar-refractivity contribution in [2.24, 2.45) is 18.7 Å². The van der Waals surface area contributed by atoms with Gasteiger partial charge in [0.2, 0.25) is 0 Å². The molecule has 0 amide bonds. The highest BCUT2D eigenvalue weighted by Gasteiger charge is 2.17. The molecular formula is C24H30FN5O3. The van der Waals surface area contributed by atoms with Crippen molar-refractivity contribution in [3.63, 3.8) is 0 Å². The third kappa shape index (κ3) is 5.42. The van der Waals surface area contributed by atoms with Crippen LogP contribution in [0.5, 0.6) is 11.5 Å². The summed E-state index contributed by atoms with van der Waals surface area (Å²) in [6.07, 6.45) is 9.06. The van der Waals surface area contributed by atoms with Gasteiger partial charge in [-0.05, 0) is 24.8 Å². The first-order valence-corrected chi connectivity index (χ1v) is 11.4. The lowest BCUT2D eigenvalue weighted by Gasteiger charge is -2.23. The minimum atomic E-state index is -0.403. The van der Waals surface area contributed by atoms with Gasteiger partial charge in [-0.25, -0.2) is 4.39 Å². The van der Waals surface area contributed by atoms with Crippen molar-refractivity contribution in [3.8, 4) is 11.5 Å². The van der Waals surface area contributed by atoms with Gasteiger partial charge < -0.3 is 25.1 Å². The number of aryl methyl sites for hydroxylation is 1. The number of fused-ring (bicyclic) bond motifs is 2. The second-order valence-electron chi connectivity index (χ2n) is 8.35. The summed E-state index contributed by atoms with van der Waals surface area (Å²) >= 11 is 0. The highest BCUT2D eigenvalue weighted by atomic mass is 19.1. The molecule has 2 aliphatic rings. The zero-order valence-electron chi connectivity index (χ0n) is 18.8. The first-order chi connectivity index (χ1) is 16.1. The highest BCUT2D eigenvalue weighted by Crippen LogP contribution is 2.29. The van der Waals surface area contributed by atoms with Crippen molar-refractivity contribution in [1.82, 2.24) is 14.5 Å². The number of aromatic nitrogens is 3. The van der Waals surface area contributed by atoms with Gasteiger partial charge in [0.25, 0.3) is 5.56 Å². The summed E-state index contributed by atoms with van der Waals surface area (Å²) < 4.78 is 26.2. The maximum atomic E-state index is 14.1. The fraction of sp³-hybridized carbons (Fsp3) is 0.458. The quantitative estimate of drug-likeness (QED) is 0.621. The van der Waals surface area contributed by atoms with Crippen LogP contribution < -0.4 is 26.1 Å². The lowest BCUT2D eigenvalue weighted by atomic mass is 9.89. The van der Waals surface area contributed by atoms with Crippen molar-refractivity contribution in [2.45, 2.75) is 38.6 Å². The third-order valence-corrected chi connectivity index (χ3v) is 6.07. The van der Waals surface area contributed by atoms with Crippen LogP contribution in [-0.2, 0) is 13.6 Å². The Labute approximate surface area is 191 Å². The number of nitrogens with one attached hydrogen (secondary N) is 1. The number of ether oxygens (including phenoxy) is 2. The Morgan fingerprint density at radius 1 is 1.12 bits per heavy atom. The van der Waals surface area contributed by atoms with Crippen LogP contribution in [0, 0.1) is 11.7 Å². The van der Waals surface area contributed by atoms with Crippen molar-refractivity contribution in [3.05, 3.63) is 52.5 Å². The minimum absolute atomic E-state index is 0.157. The Balaban J connectivity index is 0.000000183. The summed E-state index contributed by atoms with van der Waals surface area (Å²) in [4.78, 5) is 19.9. The van der Waals surface area contributed by atoms with E-state index >= 15 is 0 Å². The molecule has 9 heteroatoms. The molecule has 0 aromatic carbocycles. The van der Waals surface area contributed by atoms with E-state index in [1.807, 2.05) is 6.07 Å². The zero-order valence-corrected chi connectivity index (χ0v) is 18.8. The molecular weight excluding hydrogens is 425 g/mol. The van der Waals surface area contributed by atoms with Crippen molar-refractivity contribution in [1.29, 1.82) is 0 Å². The normalized spacial score (nSPS) is 15.6. The predicted molar refractivity (Wildman–Crippen MR) is 125 cm³/mol. The van der Waals surface area contributed by atoms with Gasteiger partial charge in [-0.2, -0.15) is 0 Å². The van der Waals surface area contributed by atoms with E-state index < -0.39 is 5.82 Å². The van der Waals surface area contributed by atoms with Crippen molar-refractivity contribution >= 4 is 16.7 Å². The maximum absolute atomic E-state index is 14.1. The molecule has 3 N–H and O–H groups in total. The maximum Gasteiger partial charge on any atom is 0.250 e. The second kappa shape index (κ2) is 10.6. The van der Waals surface area contributed by atoms with Crippen LogP contribution in [0.4, 0.5) is 10.1 Å². The van der Waals surface area contributed by atoms with Gasteiger partial charge in [0, 0.05) is 32.3 Å². The summed E-state index contributed by atoms with van der Waals surface area (Å²) in [5, 5.41) is 3.22. The number of hydrogen-bond acceptors (Lipinski definition) is 7. The molecule has 5 rings (SSSR count). The first-order valence-electron chi connectivity index (χ1n) is 11.4. The third-order valence-electron chi connectivity index (χ3n) is 6.07. The molecule has 0 radical (unpaired) electrons.